The number of benzene rings is 1. The maximum Gasteiger partial charge on any atom is 0.312 e. The van der Waals surface area contributed by atoms with Crippen LogP contribution in [0.25, 0.3) is 0 Å². The maximum atomic E-state index is 11.7. The summed E-state index contributed by atoms with van der Waals surface area (Å²) in [7, 11) is 0. The number of aliphatic carboxylic acids is 1. The van der Waals surface area contributed by atoms with E-state index in [1.807, 2.05) is 12.1 Å². The first-order chi connectivity index (χ1) is 9.59. The lowest BCUT2D eigenvalue weighted by Gasteiger charge is -2.34. The van der Waals surface area contributed by atoms with Crippen LogP contribution in [0.3, 0.4) is 0 Å². The van der Waals surface area contributed by atoms with Crippen LogP contribution in [0.2, 0.25) is 0 Å². The van der Waals surface area contributed by atoms with Gasteiger partial charge in [0.05, 0.1) is 12.0 Å². The van der Waals surface area contributed by atoms with Gasteiger partial charge >= 0.3 is 5.97 Å². The Balaban J connectivity index is 1.74. The fraction of sp³-hybridized carbons (Fsp3) is 0.562. The Morgan fingerprint density at radius 3 is 3.05 bits per heavy atom. The average Bonchev–Trinajstić information content (AvgIpc) is 2.80. The van der Waals surface area contributed by atoms with Gasteiger partial charge in [-0.15, -0.1) is 0 Å². The number of hydrogen-bond acceptors (Lipinski definition) is 3. The van der Waals surface area contributed by atoms with Crippen LogP contribution < -0.4 is 4.74 Å². The van der Waals surface area contributed by atoms with E-state index in [0.29, 0.717) is 26.1 Å². The van der Waals surface area contributed by atoms with Crippen molar-refractivity contribution in [2.75, 3.05) is 13.2 Å². The number of ether oxygens (including phenoxy) is 2. The smallest absolute Gasteiger partial charge is 0.312 e. The van der Waals surface area contributed by atoms with Crippen molar-refractivity contribution in [1.29, 1.82) is 0 Å². The quantitative estimate of drug-likeness (QED) is 0.922. The molecule has 108 valence electrons. The number of carbonyl (C=O) groups is 1. The Morgan fingerprint density at radius 1 is 1.50 bits per heavy atom. The van der Waals surface area contributed by atoms with Crippen LogP contribution in [0.1, 0.15) is 30.4 Å². The monoisotopic (exact) mass is 276 g/mol. The molecular formula is C16H20O4. The summed E-state index contributed by atoms with van der Waals surface area (Å²) in [6.45, 7) is 3.03. The molecule has 0 spiro atoms. The van der Waals surface area contributed by atoms with E-state index in [-0.39, 0.29) is 6.10 Å². The molecule has 0 bridgehead atoms. The van der Waals surface area contributed by atoms with Gasteiger partial charge < -0.3 is 14.6 Å². The van der Waals surface area contributed by atoms with Crippen molar-refractivity contribution < 1.29 is 19.4 Å². The van der Waals surface area contributed by atoms with Gasteiger partial charge in [0.15, 0.2) is 0 Å². The molecule has 1 aromatic carbocycles. The number of aryl methyl sites for hydroxylation is 1. The Morgan fingerprint density at radius 2 is 2.35 bits per heavy atom. The van der Waals surface area contributed by atoms with Crippen LogP contribution in [0.4, 0.5) is 0 Å². The summed E-state index contributed by atoms with van der Waals surface area (Å²) in [5.74, 6) is 0.144. The lowest BCUT2D eigenvalue weighted by atomic mass is 9.77. The van der Waals surface area contributed by atoms with Crippen molar-refractivity contribution in [3.05, 3.63) is 29.3 Å². The summed E-state index contributed by atoms with van der Waals surface area (Å²) in [6, 6.07) is 6.13. The number of rotatable bonds is 3. The first kappa shape index (κ1) is 13.4. The number of carboxylic acid groups (broad SMARTS) is 1. The largest absolute Gasteiger partial charge is 0.490 e. The molecule has 1 aromatic rings. The second-order valence-electron chi connectivity index (χ2n) is 6.00. The van der Waals surface area contributed by atoms with Crippen molar-refractivity contribution in [1.82, 2.24) is 0 Å². The van der Waals surface area contributed by atoms with Crippen molar-refractivity contribution in [3.8, 4) is 5.75 Å². The molecule has 2 aliphatic rings. The topological polar surface area (TPSA) is 55.8 Å². The molecule has 2 unspecified atom stereocenters. The minimum Gasteiger partial charge on any atom is -0.490 e. The molecule has 2 aliphatic heterocycles. The molecule has 0 amide bonds. The molecule has 1 N–H and O–H groups in total. The molecule has 20 heavy (non-hydrogen) atoms. The third-order valence-electron chi connectivity index (χ3n) is 4.35. The van der Waals surface area contributed by atoms with Crippen molar-refractivity contribution in [2.24, 2.45) is 5.41 Å². The highest BCUT2D eigenvalue weighted by Crippen LogP contribution is 2.39. The second kappa shape index (κ2) is 5.09. The van der Waals surface area contributed by atoms with Crippen LogP contribution in [0.5, 0.6) is 5.75 Å². The van der Waals surface area contributed by atoms with Gasteiger partial charge in [-0.1, -0.05) is 17.7 Å². The van der Waals surface area contributed by atoms with Crippen LogP contribution in [-0.2, 0) is 16.0 Å². The Labute approximate surface area is 118 Å². The summed E-state index contributed by atoms with van der Waals surface area (Å²) in [5, 5.41) is 9.57. The summed E-state index contributed by atoms with van der Waals surface area (Å²) in [4.78, 5) is 11.7. The van der Waals surface area contributed by atoms with Gasteiger partial charge in [-0.3, -0.25) is 4.79 Å². The first-order valence-electron chi connectivity index (χ1n) is 7.16. The maximum absolute atomic E-state index is 11.7. The van der Waals surface area contributed by atoms with Gasteiger partial charge in [0, 0.05) is 19.4 Å². The first-order valence-corrected chi connectivity index (χ1v) is 7.16. The second-order valence-corrected chi connectivity index (χ2v) is 6.00. The summed E-state index contributed by atoms with van der Waals surface area (Å²) < 4.78 is 11.3. The van der Waals surface area contributed by atoms with E-state index in [2.05, 4.69) is 13.0 Å². The zero-order chi connectivity index (χ0) is 14.2. The van der Waals surface area contributed by atoms with Gasteiger partial charge in [-0.05, 0) is 31.4 Å². The number of carboxylic acids is 1. The average molecular weight is 276 g/mol. The van der Waals surface area contributed by atoms with E-state index in [1.54, 1.807) is 0 Å². The highest BCUT2D eigenvalue weighted by molar-refractivity contribution is 5.75. The zero-order valence-electron chi connectivity index (χ0n) is 11.7. The van der Waals surface area contributed by atoms with Crippen molar-refractivity contribution in [2.45, 2.75) is 38.7 Å². The minimum absolute atomic E-state index is 0.0513. The molecular weight excluding hydrogens is 256 g/mol. The van der Waals surface area contributed by atoms with E-state index in [0.717, 1.165) is 18.6 Å². The highest BCUT2D eigenvalue weighted by Gasteiger charge is 2.44. The van der Waals surface area contributed by atoms with Crippen LogP contribution >= 0.6 is 0 Å². The standard InChI is InChI=1S/C16H20O4/c1-11-3-4-14-12(7-11)8-13(20-14)9-16(15(17)18)5-2-6-19-10-16/h3-4,7,13H,2,5-6,8-10H2,1H3,(H,17,18). The fourth-order valence-corrected chi connectivity index (χ4v) is 3.27. The summed E-state index contributed by atoms with van der Waals surface area (Å²) in [6.07, 6.45) is 2.76. The molecule has 1 saturated heterocycles. The van der Waals surface area contributed by atoms with Gasteiger partial charge in [0.1, 0.15) is 11.9 Å². The van der Waals surface area contributed by atoms with E-state index in [9.17, 15) is 9.90 Å². The lowest BCUT2D eigenvalue weighted by molar-refractivity contribution is -0.160. The van der Waals surface area contributed by atoms with E-state index in [1.165, 1.54) is 11.1 Å². The molecule has 2 atom stereocenters. The predicted octanol–water partition coefficient (Wildman–Crippen LogP) is 2.57. The Kier molecular flexibility index (Phi) is 3.42. The van der Waals surface area contributed by atoms with E-state index < -0.39 is 11.4 Å². The van der Waals surface area contributed by atoms with Gasteiger partial charge in [-0.25, -0.2) is 0 Å². The SMILES string of the molecule is Cc1ccc2c(c1)CC(CC1(C(=O)O)CCCOC1)O2. The molecule has 1 fully saturated rings. The molecule has 4 heteroatoms. The van der Waals surface area contributed by atoms with Crippen LogP contribution in [0.15, 0.2) is 18.2 Å². The zero-order valence-corrected chi connectivity index (χ0v) is 11.7. The molecule has 0 saturated carbocycles. The van der Waals surface area contributed by atoms with Crippen molar-refractivity contribution in [3.63, 3.8) is 0 Å². The fourth-order valence-electron chi connectivity index (χ4n) is 3.27. The molecule has 0 radical (unpaired) electrons. The molecule has 2 heterocycles. The Hall–Kier alpha value is -1.55. The predicted molar refractivity (Wildman–Crippen MR) is 74.0 cm³/mol. The summed E-state index contributed by atoms with van der Waals surface area (Å²) in [5.41, 5.74) is 1.62. The molecule has 4 nitrogen and oxygen atoms in total. The number of fused-ring (bicyclic) bond motifs is 1. The van der Waals surface area contributed by atoms with E-state index >= 15 is 0 Å². The van der Waals surface area contributed by atoms with E-state index in [4.69, 9.17) is 9.47 Å². The van der Waals surface area contributed by atoms with Gasteiger partial charge in [0.25, 0.3) is 0 Å². The molecule has 0 aliphatic carbocycles. The normalized spacial score (nSPS) is 28.8. The van der Waals surface area contributed by atoms with Crippen LogP contribution in [-0.4, -0.2) is 30.4 Å². The van der Waals surface area contributed by atoms with Crippen LogP contribution in [0, 0.1) is 12.3 Å². The molecule has 3 rings (SSSR count). The minimum atomic E-state index is -0.778. The molecule has 0 aromatic heterocycles. The Bertz CT molecular complexity index is 517. The van der Waals surface area contributed by atoms with Crippen molar-refractivity contribution >= 4 is 5.97 Å². The van der Waals surface area contributed by atoms with Gasteiger partial charge in [0.2, 0.25) is 0 Å². The number of hydrogen-bond donors (Lipinski definition) is 1. The highest BCUT2D eigenvalue weighted by atomic mass is 16.5. The lowest BCUT2D eigenvalue weighted by Crippen LogP contribution is -2.42. The van der Waals surface area contributed by atoms with Gasteiger partial charge in [-0.2, -0.15) is 0 Å². The third-order valence-corrected chi connectivity index (χ3v) is 4.35. The summed E-state index contributed by atoms with van der Waals surface area (Å²) >= 11 is 0. The third kappa shape index (κ3) is 2.40.